The van der Waals surface area contributed by atoms with Crippen molar-refractivity contribution in [2.45, 2.75) is 0 Å². The van der Waals surface area contributed by atoms with E-state index in [1.807, 2.05) is 55.6 Å². The van der Waals surface area contributed by atoms with Gasteiger partial charge in [-0.1, -0.05) is 48.0 Å². The van der Waals surface area contributed by atoms with Gasteiger partial charge in [0.2, 0.25) is 0 Å². The molecule has 0 spiro atoms. The summed E-state index contributed by atoms with van der Waals surface area (Å²) in [5.74, 6) is 0.779. The molecule has 0 aliphatic rings. The summed E-state index contributed by atoms with van der Waals surface area (Å²) in [6, 6.07) is 15.7. The number of fused-ring (bicyclic) bond motifs is 1. The Morgan fingerprint density at radius 1 is 0.947 bits per heavy atom. The molecular weight excluding hydrogens is 258 g/mol. The van der Waals surface area contributed by atoms with Gasteiger partial charge in [-0.25, -0.2) is 0 Å². The molecule has 19 heavy (non-hydrogen) atoms. The molecule has 1 aromatic heterocycles. The van der Waals surface area contributed by atoms with Gasteiger partial charge in [-0.3, -0.25) is 0 Å². The summed E-state index contributed by atoms with van der Waals surface area (Å²) in [7, 11) is 1.84. The first kappa shape index (κ1) is 11.9. The lowest BCUT2D eigenvalue weighted by atomic mass is 10.0. The number of rotatable bonds is 2. The highest BCUT2D eigenvalue weighted by atomic mass is 35.5. The first-order chi connectivity index (χ1) is 9.29. The zero-order chi connectivity index (χ0) is 13.2. The van der Waals surface area contributed by atoms with Crippen LogP contribution in [0.3, 0.4) is 0 Å². The topological polar surface area (TPSA) is 37.8 Å². The predicted molar refractivity (Wildman–Crippen MR) is 79.5 cm³/mol. The van der Waals surface area contributed by atoms with Crippen LogP contribution in [0.4, 0.5) is 5.82 Å². The van der Waals surface area contributed by atoms with Crippen LogP contribution in [-0.4, -0.2) is 17.2 Å². The van der Waals surface area contributed by atoms with E-state index in [9.17, 15) is 0 Å². The van der Waals surface area contributed by atoms with Crippen molar-refractivity contribution in [1.82, 2.24) is 10.2 Å². The highest BCUT2D eigenvalue weighted by molar-refractivity contribution is 6.30. The maximum atomic E-state index is 6.04. The first-order valence-electron chi connectivity index (χ1n) is 5.98. The van der Waals surface area contributed by atoms with E-state index in [1.165, 1.54) is 0 Å². The van der Waals surface area contributed by atoms with Crippen LogP contribution in [0.1, 0.15) is 0 Å². The molecule has 3 aromatic rings. The summed E-state index contributed by atoms with van der Waals surface area (Å²) in [5.41, 5.74) is 1.82. The Balaban J connectivity index is 2.31. The SMILES string of the molecule is CNc1nnc(-c2cccc(Cl)c2)c2ccccc12. The second-order valence-electron chi connectivity index (χ2n) is 4.20. The fourth-order valence-electron chi connectivity index (χ4n) is 2.14. The van der Waals surface area contributed by atoms with Crippen molar-refractivity contribution in [2.75, 3.05) is 12.4 Å². The van der Waals surface area contributed by atoms with Gasteiger partial charge < -0.3 is 5.32 Å². The van der Waals surface area contributed by atoms with E-state index < -0.39 is 0 Å². The fourth-order valence-corrected chi connectivity index (χ4v) is 2.33. The Morgan fingerprint density at radius 3 is 2.47 bits per heavy atom. The van der Waals surface area contributed by atoms with Crippen LogP contribution in [-0.2, 0) is 0 Å². The number of benzene rings is 2. The summed E-state index contributed by atoms with van der Waals surface area (Å²) in [6.45, 7) is 0. The van der Waals surface area contributed by atoms with Crippen LogP contribution >= 0.6 is 11.6 Å². The van der Waals surface area contributed by atoms with Crippen molar-refractivity contribution in [3.63, 3.8) is 0 Å². The van der Waals surface area contributed by atoms with Crippen LogP contribution in [0.15, 0.2) is 48.5 Å². The molecule has 2 aromatic carbocycles. The second kappa shape index (κ2) is 4.86. The van der Waals surface area contributed by atoms with E-state index in [1.54, 1.807) is 0 Å². The summed E-state index contributed by atoms with van der Waals surface area (Å²) in [5, 5.41) is 14.4. The molecule has 0 aliphatic heterocycles. The van der Waals surface area contributed by atoms with Crippen molar-refractivity contribution >= 4 is 28.2 Å². The molecule has 0 radical (unpaired) electrons. The Bertz CT molecular complexity index is 740. The molecule has 0 amide bonds. The third kappa shape index (κ3) is 2.13. The zero-order valence-corrected chi connectivity index (χ0v) is 11.1. The third-order valence-electron chi connectivity index (χ3n) is 3.02. The minimum absolute atomic E-state index is 0.695. The van der Waals surface area contributed by atoms with E-state index in [2.05, 4.69) is 15.5 Å². The molecule has 0 aliphatic carbocycles. The Kier molecular flexibility index (Phi) is 3.05. The van der Waals surface area contributed by atoms with Gasteiger partial charge in [0.25, 0.3) is 0 Å². The molecule has 0 unspecified atom stereocenters. The number of hydrogen-bond acceptors (Lipinski definition) is 3. The van der Waals surface area contributed by atoms with Crippen LogP contribution in [0, 0.1) is 0 Å². The quantitative estimate of drug-likeness (QED) is 0.764. The Morgan fingerprint density at radius 2 is 1.74 bits per heavy atom. The van der Waals surface area contributed by atoms with Crippen LogP contribution < -0.4 is 5.32 Å². The number of aromatic nitrogens is 2. The van der Waals surface area contributed by atoms with Crippen LogP contribution in [0.25, 0.3) is 22.0 Å². The molecule has 0 saturated heterocycles. The monoisotopic (exact) mass is 269 g/mol. The number of halogens is 1. The molecule has 0 atom stereocenters. The molecule has 3 nitrogen and oxygen atoms in total. The summed E-state index contributed by atoms with van der Waals surface area (Å²) >= 11 is 6.04. The smallest absolute Gasteiger partial charge is 0.156 e. The van der Waals surface area contributed by atoms with Crippen molar-refractivity contribution in [3.8, 4) is 11.3 Å². The lowest BCUT2D eigenvalue weighted by Gasteiger charge is -2.08. The largest absolute Gasteiger partial charge is 0.371 e. The van der Waals surface area contributed by atoms with E-state index in [0.29, 0.717) is 5.02 Å². The van der Waals surface area contributed by atoms with Crippen molar-refractivity contribution in [3.05, 3.63) is 53.6 Å². The average Bonchev–Trinajstić information content (AvgIpc) is 2.46. The van der Waals surface area contributed by atoms with Gasteiger partial charge in [-0.2, -0.15) is 0 Å². The summed E-state index contributed by atoms with van der Waals surface area (Å²) in [4.78, 5) is 0. The Hall–Kier alpha value is -2.13. The van der Waals surface area contributed by atoms with E-state index in [-0.39, 0.29) is 0 Å². The predicted octanol–water partition coefficient (Wildman–Crippen LogP) is 3.99. The number of nitrogens with zero attached hydrogens (tertiary/aromatic N) is 2. The van der Waals surface area contributed by atoms with E-state index in [4.69, 9.17) is 11.6 Å². The maximum absolute atomic E-state index is 6.04. The minimum Gasteiger partial charge on any atom is -0.371 e. The van der Waals surface area contributed by atoms with E-state index >= 15 is 0 Å². The molecule has 1 heterocycles. The number of anilines is 1. The third-order valence-corrected chi connectivity index (χ3v) is 3.26. The van der Waals surface area contributed by atoms with Crippen LogP contribution in [0.5, 0.6) is 0 Å². The average molecular weight is 270 g/mol. The van der Waals surface area contributed by atoms with Crippen molar-refractivity contribution in [1.29, 1.82) is 0 Å². The minimum atomic E-state index is 0.695. The molecule has 0 saturated carbocycles. The number of nitrogens with one attached hydrogen (secondary N) is 1. The van der Waals surface area contributed by atoms with Gasteiger partial charge in [-0.15, -0.1) is 10.2 Å². The van der Waals surface area contributed by atoms with Crippen molar-refractivity contribution in [2.24, 2.45) is 0 Å². The summed E-state index contributed by atoms with van der Waals surface area (Å²) < 4.78 is 0. The lowest BCUT2D eigenvalue weighted by Crippen LogP contribution is -1.98. The normalized spacial score (nSPS) is 10.6. The Labute approximate surface area is 116 Å². The molecule has 1 N–H and O–H groups in total. The molecule has 0 bridgehead atoms. The van der Waals surface area contributed by atoms with Gasteiger partial charge in [-0.05, 0) is 12.1 Å². The molecular formula is C15H12ClN3. The van der Waals surface area contributed by atoms with Crippen LogP contribution in [0.2, 0.25) is 5.02 Å². The standard InChI is InChI=1S/C15H12ClN3/c1-17-15-13-8-3-2-7-12(13)14(18-19-15)10-5-4-6-11(16)9-10/h2-9H,1H3,(H,17,19). The zero-order valence-electron chi connectivity index (χ0n) is 10.4. The maximum Gasteiger partial charge on any atom is 0.156 e. The summed E-state index contributed by atoms with van der Waals surface area (Å²) in [6.07, 6.45) is 0. The van der Waals surface area contributed by atoms with E-state index in [0.717, 1.165) is 27.8 Å². The van der Waals surface area contributed by atoms with Gasteiger partial charge in [0.05, 0.1) is 0 Å². The number of hydrogen-bond donors (Lipinski definition) is 1. The van der Waals surface area contributed by atoms with Gasteiger partial charge in [0.15, 0.2) is 5.82 Å². The second-order valence-corrected chi connectivity index (χ2v) is 4.64. The molecule has 4 heteroatoms. The first-order valence-corrected chi connectivity index (χ1v) is 6.36. The van der Waals surface area contributed by atoms with Gasteiger partial charge in [0.1, 0.15) is 5.69 Å². The van der Waals surface area contributed by atoms with Crippen molar-refractivity contribution < 1.29 is 0 Å². The molecule has 94 valence electrons. The highest BCUT2D eigenvalue weighted by Gasteiger charge is 2.09. The van der Waals surface area contributed by atoms with Gasteiger partial charge >= 0.3 is 0 Å². The van der Waals surface area contributed by atoms with Gasteiger partial charge in [0, 0.05) is 28.4 Å². The molecule has 3 rings (SSSR count). The fraction of sp³-hybridized carbons (Fsp3) is 0.0667. The molecule has 0 fully saturated rings. The highest BCUT2D eigenvalue weighted by Crippen LogP contribution is 2.30. The lowest BCUT2D eigenvalue weighted by molar-refractivity contribution is 1.06.